The second kappa shape index (κ2) is 9.29. The first-order valence-corrected chi connectivity index (χ1v) is 11.0. The molecule has 36 heavy (non-hydrogen) atoms. The molecular formula is C25H20N6O5. The van der Waals surface area contributed by atoms with E-state index in [0.717, 1.165) is 37.8 Å². The van der Waals surface area contributed by atoms with Gasteiger partial charge in [0.1, 0.15) is 13.1 Å². The zero-order valence-electron chi connectivity index (χ0n) is 18.8. The van der Waals surface area contributed by atoms with Crippen LogP contribution in [0, 0.1) is 0 Å². The molecule has 0 aliphatic carbocycles. The molecule has 3 N–H and O–H groups in total. The number of H-pyrrole nitrogens is 1. The number of benzene rings is 3. The Hall–Kier alpha value is -5.06. The fourth-order valence-corrected chi connectivity index (χ4v) is 4.34. The van der Waals surface area contributed by atoms with Crippen LogP contribution in [0.5, 0.6) is 0 Å². The summed E-state index contributed by atoms with van der Waals surface area (Å²) in [7, 11) is 0. The molecule has 180 valence electrons. The van der Waals surface area contributed by atoms with E-state index in [1.54, 1.807) is 18.2 Å². The normalized spacial score (nSPS) is 11.1. The molecule has 0 radical (unpaired) electrons. The second-order valence-corrected chi connectivity index (χ2v) is 8.22. The Balaban J connectivity index is 1.53. The van der Waals surface area contributed by atoms with Gasteiger partial charge in [-0.15, -0.1) is 10.2 Å². The maximum atomic E-state index is 12.9. The minimum Gasteiger partial charge on any atom is -0.480 e. The van der Waals surface area contributed by atoms with Crippen LogP contribution in [0.2, 0.25) is 0 Å². The molecule has 2 aromatic heterocycles. The van der Waals surface area contributed by atoms with E-state index in [2.05, 4.69) is 25.2 Å². The van der Waals surface area contributed by atoms with Crippen LogP contribution in [0.3, 0.4) is 0 Å². The Labute approximate surface area is 203 Å². The summed E-state index contributed by atoms with van der Waals surface area (Å²) >= 11 is 0. The van der Waals surface area contributed by atoms with Crippen LogP contribution in [0.4, 0.5) is 0 Å². The highest BCUT2D eigenvalue weighted by Crippen LogP contribution is 2.32. The number of hydrogen-bond donors (Lipinski definition) is 3. The van der Waals surface area contributed by atoms with Gasteiger partial charge in [0, 0.05) is 39.5 Å². The minimum absolute atomic E-state index is 0.218. The van der Waals surface area contributed by atoms with Crippen LogP contribution in [-0.4, -0.2) is 71.2 Å². The highest BCUT2D eigenvalue weighted by Gasteiger charge is 2.21. The van der Waals surface area contributed by atoms with E-state index >= 15 is 0 Å². The van der Waals surface area contributed by atoms with Gasteiger partial charge in [0.15, 0.2) is 0 Å². The van der Waals surface area contributed by atoms with Crippen molar-refractivity contribution >= 4 is 39.7 Å². The van der Waals surface area contributed by atoms with E-state index in [4.69, 9.17) is 10.2 Å². The van der Waals surface area contributed by atoms with Crippen molar-refractivity contribution < 1.29 is 24.6 Å². The average molecular weight is 484 g/mol. The Kier molecular flexibility index (Phi) is 5.87. The van der Waals surface area contributed by atoms with E-state index in [0.29, 0.717) is 12.4 Å². The van der Waals surface area contributed by atoms with Gasteiger partial charge in [-0.25, -0.2) is 0 Å². The van der Waals surface area contributed by atoms with Gasteiger partial charge in [-0.1, -0.05) is 30.3 Å². The average Bonchev–Trinajstić information content (AvgIpc) is 3.50. The van der Waals surface area contributed by atoms with Crippen LogP contribution >= 0.6 is 0 Å². The maximum Gasteiger partial charge on any atom is 0.323 e. The molecule has 5 rings (SSSR count). The first-order chi connectivity index (χ1) is 17.4. The number of rotatable bonds is 8. The highest BCUT2D eigenvalue weighted by molar-refractivity contribution is 6.09. The number of aromatic amines is 1. The number of tetrazole rings is 1. The third-order valence-corrected chi connectivity index (χ3v) is 5.83. The summed E-state index contributed by atoms with van der Waals surface area (Å²) in [4.78, 5) is 36.0. The van der Waals surface area contributed by atoms with Crippen molar-refractivity contribution in [1.29, 1.82) is 0 Å². The Bertz CT molecular complexity index is 1590. The fourth-order valence-electron chi connectivity index (χ4n) is 4.34. The largest absolute Gasteiger partial charge is 0.480 e. The molecule has 3 aromatic carbocycles. The Morgan fingerprint density at radius 3 is 2.33 bits per heavy atom. The number of aliphatic carboxylic acids is 2. The summed E-state index contributed by atoms with van der Waals surface area (Å²) in [6, 6.07) is 20.6. The number of nitrogens with one attached hydrogen (secondary N) is 1. The summed E-state index contributed by atoms with van der Waals surface area (Å²) in [5.41, 5.74) is 3.81. The van der Waals surface area contributed by atoms with E-state index in [1.807, 2.05) is 48.5 Å². The molecule has 0 aliphatic rings. The lowest BCUT2D eigenvalue weighted by atomic mass is 10.1. The van der Waals surface area contributed by atoms with Crippen molar-refractivity contribution in [3.05, 3.63) is 77.9 Å². The van der Waals surface area contributed by atoms with Crippen molar-refractivity contribution in [3.63, 3.8) is 0 Å². The van der Waals surface area contributed by atoms with Crippen molar-refractivity contribution in [3.8, 4) is 11.4 Å². The maximum absolute atomic E-state index is 12.9. The van der Waals surface area contributed by atoms with Crippen molar-refractivity contribution in [2.24, 2.45) is 0 Å². The molecule has 0 bridgehead atoms. The summed E-state index contributed by atoms with van der Waals surface area (Å²) in [6.45, 7) is -0.972. The summed E-state index contributed by atoms with van der Waals surface area (Å²) in [5, 5.41) is 34.5. The zero-order valence-corrected chi connectivity index (χ0v) is 18.8. The van der Waals surface area contributed by atoms with Gasteiger partial charge >= 0.3 is 11.9 Å². The van der Waals surface area contributed by atoms with Gasteiger partial charge in [-0.05, 0) is 47.2 Å². The first kappa shape index (κ1) is 22.7. The number of para-hydroxylation sites is 1. The van der Waals surface area contributed by atoms with E-state index in [9.17, 15) is 14.4 Å². The van der Waals surface area contributed by atoms with Gasteiger partial charge < -0.3 is 19.7 Å². The molecule has 0 spiro atoms. The number of fused-ring (bicyclic) bond motifs is 3. The van der Waals surface area contributed by atoms with Gasteiger partial charge in [0.05, 0.1) is 0 Å². The molecule has 5 aromatic rings. The summed E-state index contributed by atoms with van der Waals surface area (Å²) in [6.07, 6.45) is 0. The predicted octanol–water partition coefficient (Wildman–Crippen LogP) is 2.63. The zero-order chi connectivity index (χ0) is 25.2. The topological polar surface area (TPSA) is 154 Å². The molecule has 1 amide bonds. The molecule has 0 saturated carbocycles. The summed E-state index contributed by atoms with van der Waals surface area (Å²) in [5.74, 6) is -2.74. The Morgan fingerprint density at radius 2 is 1.61 bits per heavy atom. The van der Waals surface area contributed by atoms with Crippen LogP contribution in [-0.2, 0) is 16.1 Å². The third kappa shape index (κ3) is 4.37. The molecule has 0 unspecified atom stereocenters. The number of carbonyl (C=O) groups excluding carboxylic acids is 1. The molecule has 2 heterocycles. The monoisotopic (exact) mass is 484 g/mol. The van der Waals surface area contributed by atoms with Gasteiger partial charge in [0.25, 0.3) is 5.91 Å². The number of aromatic nitrogens is 5. The molecule has 11 heteroatoms. The number of hydrogen-bond acceptors (Lipinski definition) is 6. The van der Waals surface area contributed by atoms with E-state index < -0.39 is 30.9 Å². The van der Waals surface area contributed by atoms with Gasteiger partial charge in [0.2, 0.25) is 5.82 Å². The van der Waals surface area contributed by atoms with Gasteiger partial charge in [-0.3, -0.25) is 14.4 Å². The van der Waals surface area contributed by atoms with Crippen molar-refractivity contribution in [2.45, 2.75) is 6.54 Å². The van der Waals surface area contributed by atoms with Crippen LogP contribution < -0.4 is 0 Å². The van der Waals surface area contributed by atoms with E-state index in [-0.39, 0.29) is 5.56 Å². The molecule has 0 saturated heterocycles. The quantitative estimate of drug-likeness (QED) is 0.304. The number of nitrogens with zero attached hydrogens (tertiary/aromatic N) is 5. The van der Waals surface area contributed by atoms with Crippen LogP contribution in [0.15, 0.2) is 66.7 Å². The van der Waals surface area contributed by atoms with Gasteiger partial charge in [-0.2, -0.15) is 5.21 Å². The number of amides is 1. The molecule has 0 aliphatic heterocycles. The van der Waals surface area contributed by atoms with Crippen molar-refractivity contribution in [1.82, 2.24) is 30.1 Å². The minimum atomic E-state index is -1.29. The highest BCUT2D eigenvalue weighted by atomic mass is 16.4. The fraction of sp³-hybridized carbons (Fsp3) is 0.120. The molecule has 11 nitrogen and oxygen atoms in total. The molecule has 0 fully saturated rings. The first-order valence-electron chi connectivity index (χ1n) is 11.0. The molecule has 0 atom stereocenters. The Morgan fingerprint density at radius 1 is 0.861 bits per heavy atom. The standard InChI is InChI=1S/C25H20N6O5/c32-22(33)13-30(14-23(34)35)25(36)17-5-3-4-15(10-17)12-31-20-7-2-1-6-18(20)19-11-16(8-9-21(19)31)24-26-28-29-27-24/h1-11H,12-14H2,(H,32,33)(H,34,35)(H,26,27,28,29). The lowest BCUT2D eigenvalue weighted by molar-refractivity contribution is -0.140. The number of carbonyl (C=O) groups is 3. The third-order valence-electron chi connectivity index (χ3n) is 5.83. The van der Waals surface area contributed by atoms with Crippen LogP contribution in [0.1, 0.15) is 15.9 Å². The lowest BCUT2D eigenvalue weighted by Gasteiger charge is -2.19. The summed E-state index contributed by atoms with van der Waals surface area (Å²) < 4.78 is 2.13. The smallest absolute Gasteiger partial charge is 0.323 e. The van der Waals surface area contributed by atoms with Crippen molar-refractivity contribution in [2.75, 3.05) is 13.1 Å². The lowest BCUT2D eigenvalue weighted by Crippen LogP contribution is -2.39. The SMILES string of the molecule is O=C(O)CN(CC(=O)O)C(=O)c1cccc(Cn2c3ccccc3c3cc(-c4nn[nH]n4)ccc32)c1. The number of carboxylic acid groups (broad SMARTS) is 2. The molecular weight excluding hydrogens is 464 g/mol. The number of carboxylic acids is 2. The predicted molar refractivity (Wildman–Crippen MR) is 129 cm³/mol. The second-order valence-electron chi connectivity index (χ2n) is 8.22. The van der Waals surface area contributed by atoms with Crippen LogP contribution in [0.25, 0.3) is 33.2 Å². The van der Waals surface area contributed by atoms with E-state index in [1.165, 1.54) is 0 Å².